The number of aryl methyl sites for hydroxylation is 2. The Morgan fingerprint density at radius 1 is 1.03 bits per heavy atom. The second-order valence-corrected chi connectivity index (χ2v) is 8.41. The number of carbonyl (C=O) groups excluding carboxylic acids is 1. The largest absolute Gasteiger partial charge is 0.381 e. The first kappa shape index (κ1) is 20.2. The summed E-state index contributed by atoms with van der Waals surface area (Å²) in [6.45, 7) is 5.91. The van der Waals surface area contributed by atoms with Crippen LogP contribution in [0.25, 0.3) is 11.2 Å². The van der Waals surface area contributed by atoms with Gasteiger partial charge in [0.2, 0.25) is 0 Å². The van der Waals surface area contributed by atoms with Gasteiger partial charge in [-0.2, -0.15) is 0 Å². The van der Waals surface area contributed by atoms with Crippen LogP contribution >= 0.6 is 0 Å². The number of ether oxygens (including phenoxy) is 1. The van der Waals surface area contributed by atoms with Crippen molar-refractivity contribution in [1.82, 2.24) is 24.3 Å². The molecule has 5 rings (SSSR count). The van der Waals surface area contributed by atoms with E-state index in [1.807, 2.05) is 23.4 Å². The monoisotopic (exact) mass is 419 g/mol. The Labute approximate surface area is 182 Å². The molecule has 2 aliphatic rings. The lowest BCUT2D eigenvalue weighted by atomic mass is 10.1. The Kier molecular flexibility index (Phi) is 5.95. The molecule has 4 heterocycles. The van der Waals surface area contributed by atoms with E-state index in [-0.39, 0.29) is 5.91 Å². The molecule has 7 nitrogen and oxygen atoms in total. The van der Waals surface area contributed by atoms with Crippen LogP contribution in [0.3, 0.4) is 0 Å². The molecule has 0 saturated carbocycles. The van der Waals surface area contributed by atoms with Crippen LogP contribution in [0.5, 0.6) is 0 Å². The summed E-state index contributed by atoms with van der Waals surface area (Å²) in [6.07, 6.45) is 6.65. The van der Waals surface area contributed by atoms with E-state index in [1.54, 1.807) is 6.20 Å². The van der Waals surface area contributed by atoms with E-state index in [1.165, 1.54) is 5.56 Å². The molecule has 3 aromatic rings. The normalized spacial score (nSPS) is 18.5. The fourth-order valence-corrected chi connectivity index (χ4v) is 4.65. The van der Waals surface area contributed by atoms with Crippen LogP contribution in [0.2, 0.25) is 0 Å². The number of fused-ring (bicyclic) bond motifs is 1. The molecule has 7 heteroatoms. The molecule has 2 fully saturated rings. The summed E-state index contributed by atoms with van der Waals surface area (Å²) in [4.78, 5) is 26.6. The zero-order chi connectivity index (χ0) is 21.0. The Morgan fingerprint density at radius 3 is 2.58 bits per heavy atom. The number of hydrogen-bond donors (Lipinski definition) is 0. The van der Waals surface area contributed by atoms with Gasteiger partial charge in [-0.15, -0.1) is 0 Å². The molecule has 0 atom stereocenters. The standard InChI is InChI=1S/C24H29N5O2/c30-24(28-12-10-27(11-13-28)21-7-14-31-15-8-21)20-16-22-23(25-17-20)29(18-26-22)9-6-19-4-2-1-3-5-19/h1-5,16-18,21H,6-15H2. The maximum Gasteiger partial charge on any atom is 0.255 e. The number of pyridine rings is 1. The van der Waals surface area contributed by atoms with Crippen LogP contribution in [0.1, 0.15) is 28.8 Å². The quantitative estimate of drug-likeness (QED) is 0.636. The minimum atomic E-state index is 0.0554. The van der Waals surface area contributed by atoms with Crippen molar-refractivity contribution in [1.29, 1.82) is 0 Å². The molecule has 0 radical (unpaired) electrons. The summed E-state index contributed by atoms with van der Waals surface area (Å²) >= 11 is 0. The van der Waals surface area contributed by atoms with Gasteiger partial charge >= 0.3 is 0 Å². The van der Waals surface area contributed by atoms with E-state index < -0.39 is 0 Å². The minimum Gasteiger partial charge on any atom is -0.381 e. The first-order valence-corrected chi connectivity index (χ1v) is 11.2. The third-order valence-electron chi connectivity index (χ3n) is 6.50. The molecule has 1 aromatic carbocycles. The highest BCUT2D eigenvalue weighted by Gasteiger charge is 2.28. The maximum atomic E-state index is 13.1. The molecule has 31 heavy (non-hydrogen) atoms. The fraction of sp³-hybridized carbons (Fsp3) is 0.458. The molecule has 2 aliphatic heterocycles. The SMILES string of the molecule is O=C(c1cnc2c(c1)ncn2CCc1ccccc1)N1CCN(C2CCOCC2)CC1. The zero-order valence-electron chi connectivity index (χ0n) is 17.8. The van der Waals surface area contributed by atoms with Gasteiger partial charge in [-0.05, 0) is 30.9 Å². The van der Waals surface area contributed by atoms with Crippen molar-refractivity contribution in [2.75, 3.05) is 39.4 Å². The Hall–Kier alpha value is -2.77. The molecule has 0 N–H and O–H groups in total. The average Bonchev–Trinajstić information content (AvgIpc) is 3.26. The number of rotatable bonds is 5. The third kappa shape index (κ3) is 4.48. The van der Waals surface area contributed by atoms with E-state index in [0.717, 1.165) is 76.4 Å². The van der Waals surface area contributed by atoms with Crippen molar-refractivity contribution in [3.05, 3.63) is 60.0 Å². The molecular weight excluding hydrogens is 390 g/mol. The second kappa shape index (κ2) is 9.16. The Balaban J connectivity index is 1.22. The minimum absolute atomic E-state index is 0.0554. The van der Waals surface area contributed by atoms with Crippen LogP contribution in [-0.2, 0) is 17.7 Å². The van der Waals surface area contributed by atoms with Gasteiger partial charge in [-0.3, -0.25) is 9.69 Å². The molecule has 2 aromatic heterocycles. The smallest absolute Gasteiger partial charge is 0.255 e. The van der Waals surface area contributed by atoms with Crippen LogP contribution < -0.4 is 0 Å². The molecule has 1 amide bonds. The summed E-state index contributed by atoms with van der Waals surface area (Å²) < 4.78 is 7.54. The summed E-state index contributed by atoms with van der Waals surface area (Å²) in [5, 5.41) is 0. The van der Waals surface area contributed by atoms with Crippen molar-refractivity contribution in [3.63, 3.8) is 0 Å². The third-order valence-corrected chi connectivity index (χ3v) is 6.50. The summed E-state index contributed by atoms with van der Waals surface area (Å²) in [7, 11) is 0. The van der Waals surface area contributed by atoms with Gasteiger partial charge in [-0.25, -0.2) is 9.97 Å². The van der Waals surface area contributed by atoms with E-state index >= 15 is 0 Å². The van der Waals surface area contributed by atoms with E-state index in [4.69, 9.17) is 4.74 Å². The highest BCUT2D eigenvalue weighted by atomic mass is 16.5. The van der Waals surface area contributed by atoms with Gasteiger partial charge < -0.3 is 14.2 Å². The average molecular weight is 420 g/mol. The molecule has 0 spiro atoms. The lowest BCUT2D eigenvalue weighted by Crippen LogP contribution is -2.53. The van der Waals surface area contributed by atoms with Crippen LogP contribution in [-0.4, -0.2) is 75.7 Å². The van der Waals surface area contributed by atoms with Crippen LogP contribution in [0.15, 0.2) is 48.9 Å². The second-order valence-electron chi connectivity index (χ2n) is 8.41. The Bertz CT molecular complexity index is 1020. The Morgan fingerprint density at radius 2 is 1.81 bits per heavy atom. The topological polar surface area (TPSA) is 63.5 Å². The molecule has 162 valence electrons. The highest BCUT2D eigenvalue weighted by molar-refractivity contribution is 5.96. The molecule has 2 saturated heterocycles. The number of carbonyl (C=O) groups is 1. The first-order valence-electron chi connectivity index (χ1n) is 11.2. The van der Waals surface area contributed by atoms with Crippen LogP contribution in [0.4, 0.5) is 0 Å². The van der Waals surface area contributed by atoms with Gasteiger partial charge in [0, 0.05) is 58.2 Å². The highest BCUT2D eigenvalue weighted by Crippen LogP contribution is 2.19. The van der Waals surface area contributed by atoms with Crippen molar-refractivity contribution in [2.45, 2.75) is 31.8 Å². The number of hydrogen-bond acceptors (Lipinski definition) is 5. The van der Waals surface area contributed by atoms with E-state index in [0.29, 0.717) is 11.6 Å². The van der Waals surface area contributed by atoms with Crippen molar-refractivity contribution >= 4 is 17.1 Å². The van der Waals surface area contributed by atoms with E-state index in [2.05, 4.69) is 43.7 Å². The lowest BCUT2D eigenvalue weighted by Gasteiger charge is -2.40. The van der Waals surface area contributed by atoms with Crippen molar-refractivity contribution in [2.24, 2.45) is 0 Å². The van der Waals surface area contributed by atoms with Gasteiger partial charge in [0.1, 0.15) is 5.52 Å². The lowest BCUT2D eigenvalue weighted by molar-refractivity contribution is 0.0137. The summed E-state index contributed by atoms with van der Waals surface area (Å²) in [5.74, 6) is 0.0554. The van der Waals surface area contributed by atoms with Gasteiger partial charge in [0.25, 0.3) is 5.91 Å². The van der Waals surface area contributed by atoms with Crippen molar-refractivity contribution in [3.8, 4) is 0 Å². The van der Waals surface area contributed by atoms with Crippen LogP contribution in [0, 0.1) is 0 Å². The number of imidazole rings is 1. The van der Waals surface area contributed by atoms with Crippen molar-refractivity contribution < 1.29 is 9.53 Å². The number of piperazine rings is 1. The summed E-state index contributed by atoms with van der Waals surface area (Å²) in [6, 6.07) is 12.9. The molecule has 0 aliphatic carbocycles. The first-order chi connectivity index (χ1) is 15.3. The van der Waals surface area contributed by atoms with Gasteiger partial charge in [0.15, 0.2) is 5.65 Å². The molecule has 0 unspecified atom stereocenters. The number of aromatic nitrogens is 3. The fourth-order valence-electron chi connectivity index (χ4n) is 4.65. The predicted molar refractivity (Wildman–Crippen MR) is 119 cm³/mol. The van der Waals surface area contributed by atoms with Gasteiger partial charge in [0.05, 0.1) is 11.9 Å². The molecular formula is C24H29N5O2. The van der Waals surface area contributed by atoms with E-state index in [9.17, 15) is 4.79 Å². The zero-order valence-corrected chi connectivity index (χ0v) is 17.8. The summed E-state index contributed by atoms with van der Waals surface area (Å²) in [5.41, 5.74) is 3.52. The number of benzene rings is 1. The van der Waals surface area contributed by atoms with Gasteiger partial charge in [-0.1, -0.05) is 30.3 Å². The number of nitrogens with zero attached hydrogens (tertiary/aromatic N) is 5. The molecule has 0 bridgehead atoms. The number of amides is 1. The predicted octanol–water partition coefficient (Wildman–Crippen LogP) is 2.61. The maximum absolute atomic E-state index is 13.1.